The Bertz CT molecular complexity index is 905. The highest BCUT2D eigenvalue weighted by molar-refractivity contribution is 7.90. The molecular formula is C21H33N3O3S. The van der Waals surface area contributed by atoms with Crippen molar-refractivity contribution in [3.05, 3.63) is 23.8 Å². The standard InChI is InChI=1S/C21H33N3O3S/c1-14(2)16-8-11-18-19(12-16)24-20(23-18)27-17-9-6-15(7-10-17)13-22-28(25,26)21(3,4)5/h8,11-12,14-15,17,22H,6-7,9-10,13H2,1-5H3,(H,23,24). The highest BCUT2D eigenvalue weighted by Gasteiger charge is 2.30. The average molecular weight is 408 g/mol. The van der Waals surface area contributed by atoms with Crippen molar-refractivity contribution in [2.24, 2.45) is 5.92 Å². The molecule has 3 rings (SSSR count). The molecule has 2 aromatic rings. The van der Waals surface area contributed by atoms with E-state index in [1.807, 2.05) is 6.07 Å². The molecule has 1 aliphatic rings. The second-order valence-corrected chi connectivity index (χ2v) is 11.7. The molecule has 6 nitrogen and oxygen atoms in total. The molecule has 2 N–H and O–H groups in total. The van der Waals surface area contributed by atoms with Gasteiger partial charge in [0.05, 0.1) is 15.8 Å². The van der Waals surface area contributed by atoms with Crippen LogP contribution in [0.2, 0.25) is 0 Å². The lowest BCUT2D eigenvalue weighted by atomic mass is 9.87. The number of hydrogen-bond donors (Lipinski definition) is 2. The number of aromatic amines is 1. The summed E-state index contributed by atoms with van der Waals surface area (Å²) in [5.41, 5.74) is 3.21. The summed E-state index contributed by atoms with van der Waals surface area (Å²) in [6, 6.07) is 6.86. The molecular weight excluding hydrogens is 374 g/mol. The Kier molecular flexibility index (Phi) is 6.05. The fourth-order valence-corrected chi connectivity index (χ4v) is 4.36. The van der Waals surface area contributed by atoms with Gasteiger partial charge in [0.25, 0.3) is 6.01 Å². The summed E-state index contributed by atoms with van der Waals surface area (Å²) in [4.78, 5) is 7.84. The maximum atomic E-state index is 12.2. The van der Waals surface area contributed by atoms with Gasteiger partial charge >= 0.3 is 0 Å². The summed E-state index contributed by atoms with van der Waals surface area (Å²) in [6.07, 6.45) is 3.86. The van der Waals surface area contributed by atoms with Crippen molar-refractivity contribution in [3.8, 4) is 6.01 Å². The summed E-state index contributed by atoms with van der Waals surface area (Å²) in [5, 5.41) is 0. The van der Waals surface area contributed by atoms with Gasteiger partial charge in [0.1, 0.15) is 6.10 Å². The minimum absolute atomic E-state index is 0.126. The number of benzene rings is 1. The number of nitrogens with zero attached hydrogens (tertiary/aromatic N) is 1. The van der Waals surface area contributed by atoms with Crippen molar-refractivity contribution in [2.45, 2.75) is 77.1 Å². The Balaban J connectivity index is 1.52. The minimum atomic E-state index is -3.28. The smallest absolute Gasteiger partial charge is 0.294 e. The first-order valence-corrected chi connectivity index (χ1v) is 11.7. The van der Waals surface area contributed by atoms with Crippen LogP contribution in [0.5, 0.6) is 6.01 Å². The quantitative estimate of drug-likeness (QED) is 0.746. The number of H-pyrrole nitrogens is 1. The van der Waals surface area contributed by atoms with Gasteiger partial charge in [-0.3, -0.25) is 0 Å². The van der Waals surface area contributed by atoms with Crippen molar-refractivity contribution in [3.63, 3.8) is 0 Å². The zero-order valence-corrected chi connectivity index (χ0v) is 18.4. The van der Waals surface area contributed by atoms with Crippen LogP contribution in [0.4, 0.5) is 0 Å². The summed E-state index contributed by atoms with van der Waals surface area (Å²) in [7, 11) is -3.28. The Labute approximate surface area is 168 Å². The molecule has 1 fully saturated rings. The lowest BCUT2D eigenvalue weighted by Crippen LogP contribution is -2.42. The summed E-state index contributed by atoms with van der Waals surface area (Å²) < 4.78 is 32.5. The van der Waals surface area contributed by atoms with E-state index in [0.29, 0.717) is 24.4 Å². The maximum absolute atomic E-state index is 12.2. The van der Waals surface area contributed by atoms with E-state index >= 15 is 0 Å². The summed E-state index contributed by atoms with van der Waals surface area (Å²) >= 11 is 0. The van der Waals surface area contributed by atoms with Crippen LogP contribution in [0.1, 0.15) is 71.8 Å². The van der Waals surface area contributed by atoms with Gasteiger partial charge in [-0.25, -0.2) is 13.1 Å². The van der Waals surface area contributed by atoms with E-state index in [2.05, 4.69) is 40.7 Å². The van der Waals surface area contributed by atoms with Crippen LogP contribution in [-0.2, 0) is 10.0 Å². The number of nitrogens with one attached hydrogen (secondary N) is 2. The largest absolute Gasteiger partial charge is 0.461 e. The van der Waals surface area contributed by atoms with Gasteiger partial charge in [0.2, 0.25) is 10.0 Å². The molecule has 0 atom stereocenters. The third-order valence-electron chi connectivity index (χ3n) is 5.59. The first-order chi connectivity index (χ1) is 13.0. The molecule has 0 spiro atoms. The van der Waals surface area contributed by atoms with Crippen LogP contribution in [0.25, 0.3) is 11.0 Å². The second-order valence-electron chi connectivity index (χ2n) is 9.20. The molecule has 1 aliphatic carbocycles. The average Bonchev–Trinajstić information content (AvgIpc) is 3.01. The van der Waals surface area contributed by atoms with Crippen LogP contribution in [-0.4, -0.2) is 35.8 Å². The Morgan fingerprint density at radius 3 is 2.50 bits per heavy atom. The zero-order chi connectivity index (χ0) is 20.5. The molecule has 156 valence electrons. The van der Waals surface area contributed by atoms with Crippen molar-refractivity contribution >= 4 is 21.1 Å². The second kappa shape index (κ2) is 8.03. The number of sulfonamides is 1. The molecule has 1 aromatic carbocycles. The summed E-state index contributed by atoms with van der Waals surface area (Å²) in [6.45, 7) is 10.0. The van der Waals surface area contributed by atoms with Crippen LogP contribution < -0.4 is 9.46 Å². The van der Waals surface area contributed by atoms with Crippen molar-refractivity contribution < 1.29 is 13.2 Å². The predicted molar refractivity (Wildman–Crippen MR) is 113 cm³/mol. The molecule has 0 aliphatic heterocycles. The lowest BCUT2D eigenvalue weighted by Gasteiger charge is -2.29. The predicted octanol–water partition coefficient (Wildman–Crippen LogP) is 4.34. The van der Waals surface area contributed by atoms with Gasteiger partial charge in [-0.05, 0) is 76.0 Å². The Morgan fingerprint density at radius 1 is 1.21 bits per heavy atom. The number of fused-ring (bicyclic) bond motifs is 1. The van der Waals surface area contributed by atoms with E-state index in [4.69, 9.17) is 4.74 Å². The number of hydrogen-bond acceptors (Lipinski definition) is 4. The van der Waals surface area contributed by atoms with E-state index in [0.717, 1.165) is 36.7 Å². The van der Waals surface area contributed by atoms with Crippen molar-refractivity contribution in [1.29, 1.82) is 0 Å². The van der Waals surface area contributed by atoms with E-state index in [9.17, 15) is 8.42 Å². The number of rotatable bonds is 6. The van der Waals surface area contributed by atoms with Crippen molar-refractivity contribution in [2.75, 3.05) is 6.54 Å². The van der Waals surface area contributed by atoms with E-state index in [1.54, 1.807) is 20.8 Å². The Morgan fingerprint density at radius 2 is 1.89 bits per heavy atom. The molecule has 28 heavy (non-hydrogen) atoms. The van der Waals surface area contributed by atoms with Gasteiger partial charge in [-0.2, -0.15) is 4.98 Å². The summed E-state index contributed by atoms with van der Waals surface area (Å²) in [5.74, 6) is 0.837. The van der Waals surface area contributed by atoms with Crippen LogP contribution in [0.3, 0.4) is 0 Å². The third-order valence-corrected chi connectivity index (χ3v) is 7.75. The Hall–Kier alpha value is -1.60. The molecule has 0 unspecified atom stereocenters. The number of aromatic nitrogens is 2. The number of imidazole rings is 1. The van der Waals surface area contributed by atoms with Crippen LogP contribution in [0.15, 0.2) is 18.2 Å². The highest BCUT2D eigenvalue weighted by Crippen LogP contribution is 2.28. The molecule has 1 heterocycles. The van der Waals surface area contributed by atoms with E-state index in [-0.39, 0.29) is 6.10 Å². The van der Waals surface area contributed by atoms with Crippen molar-refractivity contribution in [1.82, 2.24) is 14.7 Å². The molecule has 0 amide bonds. The van der Waals surface area contributed by atoms with Gasteiger partial charge in [0, 0.05) is 6.54 Å². The fourth-order valence-electron chi connectivity index (χ4n) is 3.47. The fraction of sp³-hybridized carbons (Fsp3) is 0.667. The van der Waals surface area contributed by atoms with Gasteiger partial charge < -0.3 is 9.72 Å². The zero-order valence-electron chi connectivity index (χ0n) is 17.6. The molecule has 0 bridgehead atoms. The normalized spacial score (nSPS) is 21.4. The van der Waals surface area contributed by atoms with Gasteiger partial charge in [-0.1, -0.05) is 19.9 Å². The maximum Gasteiger partial charge on any atom is 0.294 e. The van der Waals surface area contributed by atoms with Crippen LogP contribution >= 0.6 is 0 Å². The molecule has 1 saturated carbocycles. The topological polar surface area (TPSA) is 84.1 Å². The molecule has 1 aromatic heterocycles. The molecule has 0 saturated heterocycles. The first-order valence-electron chi connectivity index (χ1n) is 10.2. The van der Waals surface area contributed by atoms with E-state index < -0.39 is 14.8 Å². The minimum Gasteiger partial charge on any atom is -0.461 e. The third kappa shape index (κ3) is 4.87. The monoisotopic (exact) mass is 407 g/mol. The first kappa shape index (κ1) is 21.1. The van der Waals surface area contributed by atoms with Gasteiger partial charge in [-0.15, -0.1) is 0 Å². The number of ether oxygens (including phenoxy) is 1. The van der Waals surface area contributed by atoms with Gasteiger partial charge in [0.15, 0.2) is 0 Å². The molecule has 7 heteroatoms. The van der Waals surface area contributed by atoms with E-state index in [1.165, 1.54) is 5.56 Å². The highest BCUT2D eigenvalue weighted by atomic mass is 32.2. The molecule has 0 radical (unpaired) electrons. The SMILES string of the molecule is CC(C)c1ccc2nc(OC3CCC(CNS(=O)(=O)C(C)(C)C)CC3)[nH]c2c1. The van der Waals surface area contributed by atoms with Crippen LogP contribution in [0, 0.1) is 5.92 Å². The lowest BCUT2D eigenvalue weighted by molar-refractivity contribution is 0.122.